The number of nitrogens with zero attached hydrogens (tertiary/aromatic N) is 3. The smallest absolute Gasteiger partial charge is 0.258 e. The lowest BCUT2D eigenvalue weighted by Crippen LogP contribution is -2.24. The van der Waals surface area contributed by atoms with Crippen LogP contribution in [-0.4, -0.2) is 34.1 Å². The van der Waals surface area contributed by atoms with Gasteiger partial charge >= 0.3 is 0 Å². The minimum Gasteiger partial charge on any atom is -0.494 e. The van der Waals surface area contributed by atoms with Crippen molar-refractivity contribution in [3.8, 4) is 17.2 Å². The molecule has 1 aliphatic heterocycles. The third kappa shape index (κ3) is 3.74. The number of ether oxygens (including phenoxy) is 1. The second-order valence-electron chi connectivity index (χ2n) is 6.68. The van der Waals surface area contributed by atoms with E-state index in [0.29, 0.717) is 37.5 Å². The van der Waals surface area contributed by atoms with Crippen LogP contribution in [0.4, 0.5) is 4.39 Å². The number of carbonyl (C=O) groups is 1. The Kier molecular flexibility index (Phi) is 5.06. The zero-order chi connectivity index (χ0) is 19.5. The van der Waals surface area contributed by atoms with Crippen LogP contribution in [0, 0.1) is 5.82 Å². The molecule has 0 radical (unpaired) electrons. The number of aromatic nitrogens is 2. The molecule has 2 aromatic carbocycles. The van der Waals surface area contributed by atoms with E-state index < -0.39 is 0 Å². The van der Waals surface area contributed by atoms with Crippen LogP contribution in [0.25, 0.3) is 11.5 Å². The Hall–Kier alpha value is -3.22. The van der Waals surface area contributed by atoms with Crippen LogP contribution >= 0.6 is 0 Å². The van der Waals surface area contributed by atoms with Gasteiger partial charge in [-0.1, -0.05) is 29.4 Å². The van der Waals surface area contributed by atoms with E-state index in [9.17, 15) is 9.18 Å². The van der Waals surface area contributed by atoms with E-state index in [1.54, 1.807) is 17.0 Å². The summed E-state index contributed by atoms with van der Waals surface area (Å²) >= 11 is 0. The molecule has 0 N–H and O–H groups in total. The van der Waals surface area contributed by atoms with Gasteiger partial charge in [0.2, 0.25) is 5.91 Å². The monoisotopic (exact) mass is 381 g/mol. The largest absolute Gasteiger partial charge is 0.494 e. The fraction of sp³-hybridized carbons (Fsp3) is 0.286. The molecule has 1 saturated heterocycles. The maximum absolute atomic E-state index is 13.4. The zero-order valence-electron chi connectivity index (χ0n) is 15.5. The Morgan fingerprint density at radius 2 is 2.11 bits per heavy atom. The third-order valence-corrected chi connectivity index (χ3v) is 4.73. The van der Waals surface area contributed by atoms with Crippen molar-refractivity contribution in [1.29, 1.82) is 0 Å². The van der Waals surface area contributed by atoms with Crippen LogP contribution in [-0.2, 0) is 11.3 Å². The number of rotatable bonds is 6. The van der Waals surface area contributed by atoms with Crippen molar-refractivity contribution < 1.29 is 18.4 Å². The molecular weight excluding hydrogens is 361 g/mol. The van der Waals surface area contributed by atoms with E-state index in [0.717, 1.165) is 11.3 Å². The summed E-state index contributed by atoms with van der Waals surface area (Å²) in [6, 6.07) is 13.7. The first-order valence-electron chi connectivity index (χ1n) is 9.22. The average molecular weight is 381 g/mol. The van der Waals surface area contributed by atoms with Gasteiger partial charge in [0.15, 0.2) is 5.82 Å². The highest BCUT2D eigenvalue weighted by Crippen LogP contribution is 2.30. The Bertz CT molecular complexity index is 988. The Morgan fingerprint density at radius 3 is 2.93 bits per heavy atom. The topological polar surface area (TPSA) is 68.5 Å². The summed E-state index contributed by atoms with van der Waals surface area (Å²) in [7, 11) is 0. The van der Waals surface area contributed by atoms with Crippen molar-refractivity contribution in [1.82, 2.24) is 15.0 Å². The van der Waals surface area contributed by atoms with E-state index in [2.05, 4.69) is 10.1 Å². The maximum Gasteiger partial charge on any atom is 0.258 e. The third-order valence-electron chi connectivity index (χ3n) is 4.73. The molecule has 0 bridgehead atoms. The van der Waals surface area contributed by atoms with Crippen molar-refractivity contribution in [3.63, 3.8) is 0 Å². The summed E-state index contributed by atoms with van der Waals surface area (Å²) in [6.45, 7) is 3.47. The molecule has 0 saturated carbocycles. The Balaban J connectivity index is 1.48. The van der Waals surface area contributed by atoms with E-state index in [1.807, 2.05) is 31.2 Å². The molecule has 28 heavy (non-hydrogen) atoms. The first kappa shape index (κ1) is 18.2. The van der Waals surface area contributed by atoms with Gasteiger partial charge in [0.1, 0.15) is 11.6 Å². The fourth-order valence-electron chi connectivity index (χ4n) is 3.37. The van der Waals surface area contributed by atoms with Crippen LogP contribution in [0.3, 0.4) is 0 Å². The molecule has 1 aromatic heterocycles. The molecule has 3 aromatic rings. The van der Waals surface area contributed by atoms with E-state index in [-0.39, 0.29) is 23.5 Å². The van der Waals surface area contributed by atoms with Gasteiger partial charge in [-0.15, -0.1) is 0 Å². The van der Waals surface area contributed by atoms with Crippen LogP contribution in [0.2, 0.25) is 0 Å². The molecule has 2 heterocycles. The van der Waals surface area contributed by atoms with Crippen molar-refractivity contribution in [2.24, 2.45) is 0 Å². The number of para-hydroxylation sites is 1. The predicted octanol–water partition coefficient (Wildman–Crippen LogP) is 3.79. The normalized spacial score (nSPS) is 16.6. The Labute approximate surface area is 161 Å². The predicted molar refractivity (Wildman–Crippen MR) is 100 cm³/mol. The number of hydrogen-bond acceptors (Lipinski definition) is 5. The summed E-state index contributed by atoms with van der Waals surface area (Å²) in [4.78, 5) is 18.7. The highest BCUT2D eigenvalue weighted by atomic mass is 19.1. The molecule has 1 unspecified atom stereocenters. The quantitative estimate of drug-likeness (QED) is 0.650. The molecule has 1 atom stereocenters. The molecular formula is C21H20FN3O3. The molecule has 1 fully saturated rings. The Morgan fingerprint density at radius 1 is 1.25 bits per heavy atom. The fourth-order valence-corrected chi connectivity index (χ4v) is 3.37. The number of halogens is 1. The molecule has 0 spiro atoms. The van der Waals surface area contributed by atoms with Gasteiger partial charge in [-0.2, -0.15) is 4.98 Å². The van der Waals surface area contributed by atoms with Gasteiger partial charge in [-0.3, -0.25) is 4.79 Å². The lowest BCUT2D eigenvalue weighted by molar-refractivity contribution is -0.128. The molecule has 1 aliphatic rings. The van der Waals surface area contributed by atoms with Gasteiger partial charge in [0.25, 0.3) is 5.89 Å². The summed E-state index contributed by atoms with van der Waals surface area (Å²) in [5, 5.41) is 4.02. The molecule has 7 heteroatoms. The molecule has 6 nitrogen and oxygen atoms in total. The summed E-state index contributed by atoms with van der Waals surface area (Å²) < 4.78 is 24.3. The first-order valence-corrected chi connectivity index (χ1v) is 9.22. The minimum atomic E-state index is -0.368. The lowest BCUT2D eigenvalue weighted by Gasteiger charge is -2.18. The number of hydrogen-bond donors (Lipinski definition) is 0. The number of amides is 1. The van der Waals surface area contributed by atoms with Crippen LogP contribution in [0.5, 0.6) is 5.75 Å². The first-order chi connectivity index (χ1) is 13.6. The average Bonchev–Trinajstić information content (AvgIpc) is 3.31. The molecule has 144 valence electrons. The molecule has 4 rings (SSSR count). The molecule has 0 aliphatic carbocycles. The molecule has 1 amide bonds. The van der Waals surface area contributed by atoms with E-state index in [1.165, 1.54) is 12.1 Å². The second-order valence-corrected chi connectivity index (χ2v) is 6.68. The maximum atomic E-state index is 13.4. The summed E-state index contributed by atoms with van der Waals surface area (Å²) in [6.07, 6.45) is 0.318. The van der Waals surface area contributed by atoms with Gasteiger partial charge in [0, 0.05) is 36.6 Å². The number of benzene rings is 2. The van der Waals surface area contributed by atoms with E-state index >= 15 is 0 Å². The van der Waals surface area contributed by atoms with Gasteiger partial charge in [-0.25, -0.2) is 4.39 Å². The SMILES string of the molecule is CCOc1ccccc1CN1CC(c2noc(-c3cccc(F)c3)n2)CC1=O. The van der Waals surface area contributed by atoms with Gasteiger partial charge < -0.3 is 14.2 Å². The van der Waals surface area contributed by atoms with Crippen LogP contribution in [0.15, 0.2) is 53.1 Å². The van der Waals surface area contributed by atoms with Gasteiger partial charge in [0.05, 0.1) is 6.61 Å². The summed E-state index contributed by atoms with van der Waals surface area (Å²) in [5.41, 5.74) is 1.48. The highest BCUT2D eigenvalue weighted by molar-refractivity contribution is 5.79. The number of likely N-dealkylation sites (tertiary alicyclic amines) is 1. The highest BCUT2D eigenvalue weighted by Gasteiger charge is 2.34. The van der Waals surface area contributed by atoms with Crippen LogP contribution in [0.1, 0.15) is 30.7 Å². The standard InChI is InChI=1S/C21H20FN3O3/c1-2-27-18-9-4-3-6-15(18)12-25-13-16(11-19(25)26)20-23-21(28-24-20)14-7-5-8-17(22)10-14/h3-10,16H,2,11-13H2,1H3. The van der Waals surface area contributed by atoms with Crippen molar-refractivity contribution in [2.75, 3.05) is 13.2 Å². The van der Waals surface area contributed by atoms with Crippen molar-refractivity contribution in [2.45, 2.75) is 25.8 Å². The second kappa shape index (κ2) is 7.80. The minimum absolute atomic E-state index is 0.0356. The zero-order valence-corrected chi connectivity index (χ0v) is 15.5. The van der Waals surface area contributed by atoms with Gasteiger partial charge in [-0.05, 0) is 31.2 Å². The summed E-state index contributed by atoms with van der Waals surface area (Å²) in [5.74, 6) is 1.02. The van der Waals surface area contributed by atoms with Crippen molar-refractivity contribution in [3.05, 3.63) is 65.7 Å². The van der Waals surface area contributed by atoms with Crippen LogP contribution < -0.4 is 4.74 Å². The van der Waals surface area contributed by atoms with E-state index in [4.69, 9.17) is 9.26 Å². The number of carbonyl (C=O) groups excluding carboxylic acids is 1. The lowest BCUT2D eigenvalue weighted by atomic mass is 10.1. The van der Waals surface area contributed by atoms with Crippen molar-refractivity contribution >= 4 is 5.91 Å².